The standard InChI is InChI=1S/C23H24N2O6S/c1-15-6-4-5-7-17(15)24-21(26)14-31-18-9-8-16(12-19(18)30-3)13-20-22(27)25(10-11-29-2)23(28)32-20/h4-9,12-13H,10-11,14H2,1-3H3,(H,24,26)/b20-13-. The number of hydrogen-bond donors (Lipinski definition) is 1. The molecule has 0 atom stereocenters. The average molecular weight is 457 g/mol. The van der Waals surface area contributed by atoms with Gasteiger partial charge in [0, 0.05) is 12.8 Å². The molecule has 1 N–H and O–H groups in total. The van der Waals surface area contributed by atoms with Crippen LogP contribution in [-0.2, 0) is 14.3 Å². The van der Waals surface area contributed by atoms with Crippen LogP contribution in [0.5, 0.6) is 11.5 Å². The third-order valence-electron chi connectivity index (χ3n) is 4.66. The minimum Gasteiger partial charge on any atom is -0.493 e. The highest BCUT2D eigenvalue weighted by Gasteiger charge is 2.34. The Bertz CT molecular complexity index is 1050. The number of benzene rings is 2. The van der Waals surface area contributed by atoms with Gasteiger partial charge in [-0.15, -0.1) is 0 Å². The lowest BCUT2D eigenvalue weighted by atomic mass is 10.2. The SMILES string of the molecule is COCCN1C(=O)S/C(=C\c2ccc(OCC(=O)Nc3ccccc3C)c(OC)c2)C1=O. The first kappa shape index (κ1) is 23.4. The normalized spacial score (nSPS) is 14.7. The van der Waals surface area contributed by atoms with Gasteiger partial charge in [0.15, 0.2) is 18.1 Å². The van der Waals surface area contributed by atoms with E-state index in [0.29, 0.717) is 22.0 Å². The van der Waals surface area contributed by atoms with Gasteiger partial charge in [-0.05, 0) is 54.1 Å². The second kappa shape index (κ2) is 10.8. The van der Waals surface area contributed by atoms with Gasteiger partial charge in [0.2, 0.25) is 0 Å². The molecule has 0 bridgehead atoms. The monoisotopic (exact) mass is 456 g/mol. The van der Waals surface area contributed by atoms with Crippen molar-refractivity contribution >= 4 is 40.6 Å². The second-order valence-corrected chi connectivity index (χ2v) is 7.88. The van der Waals surface area contributed by atoms with Crippen molar-refractivity contribution in [3.63, 3.8) is 0 Å². The van der Waals surface area contributed by atoms with Crippen LogP contribution in [0.3, 0.4) is 0 Å². The zero-order valence-corrected chi connectivity index (χ0v) is 18.9. The minimum absolute atomic E-state index is 0.192. The summed E-state index contributed by atoms with van der Waals surface area (Å²) in [5.41, 5.74) is 2.34. The first-order valence-electron chi connectivity index (χ1n) is 9.83. The van der Waals surface area contributed by atoms with Gasteiger partial charge >= 0.3 is 0 Å². The van der Waals surface area contributed by atoms with E-state index in [9.17, 15) is 14.4 Å². The minimum atomic E-state index is -0.357. The van der Waals surface area contributed by atoms with Gasteiger partial charge in [-0.1, -0.05) is 24.3 Å². The topological polar surface area (TPSA) is 94.2 Å². The molecule has 1 fully saturated rings. The van der Waals surface area contributed by atoms with Gasteiger partial charge in [-0.25, -0.2) is 0 Å². The Morgan fingerprint density at radius 2 is 1.91 bits per heavy atom. The van der Waals surface area contributed by atoms with E-state index < -0.39 is 0 Å². The molecule has 0 aromatic heterocycles. The summed E-state index contributed by atoms with van der Waals surface area (Å²) in [6.45, 7) is 2.20. The molecule has 0 aliphatic carbocycles. The van der Waals surface area contributed by atoms with Crippen LogP contribution < -0.4 is 14.8 Å². The number of para-hydroxylation sites is 1. The van der Waals surface area contributed by atoms with E-state index in [2.05, 4.69) is 5.32 Å². The Morgan fingerprint density at radius 1 is 1.12 bits per heavy atom. The van der Waals surface area contributed by atoms with Crippen LogP contribution in [-0.4, -0.2) is 55.9 Å². The number of nitrogens with zero attached hydrogens (tertiary/aromatic N) is 1. The van der Waals surface area contributed by atoms with E-state index in [0.717, 1.165) is 27.9 Å². The predicted molar refractivity (Wildman–Crippen MR) is 123 cm³/mol. The fourth-order valence-corrected chi connectivity index (χ4v) is 3.83. The molecule has 0 spiro atoms. The molecule has 1 heterocycles. The van der Waals surface area contributed by atoms with Gasteiger partial charge in [-0.2, -0.15) is 0 Å². The van der Waals surface area contributed by atoms with Crippen molar-refractivity contribution in [3.05, 3.63) is 58.5 Å². The number of methoxy groups -OCH3 is 2. The molecule has 2 aromatic carbocycles. The quantitative estimate of drug-likeness (QED) is 0.575. The fourth-order valence-electron chi connectivity index (χ4n) is 2.96. The number of hydrogen-bond acceptors (Lipinski definition) is 7. The highest BCUT2D eigenvalue weighted by atomic mass is 32.2. The fraction of sp³-hybridized carbons (Fsp3) is 0.261. The van der Waals surface area contributed by atoms with E-state index in [1.807, 2.05) is 31.2 Å². The van der Waals surface area contributed by atoms with Crippen molar-refractivity contribution in [1.82, 2.24) is 4.90 Å². The molecular formula is C23H24N2O6S. The number of aryl methyl sites for hydroxylation is 1. The molecule has 1 aliphatic rings. The molecule has 0 radical (unpaired) electrons. The van der Waals surface area contributed by atoms with Crippen LogP contribution in [0.15, 0.2) is 47.4 Å². The first-order valence-corrected chi connectivity index (χ1v) is 10.6. The third-order valence-corrected chi connectivity index (χ3v) is 5.56. The number of amides is 3. The van der Waals surface area contributed by atoms with Crippen molar-refractivity contribution in [3.8, 4) is 11.5 Å². The van der Waals surface area contributed by atoms with Crippen molar-refractivity contribution in [2.75, 3.05) is 39.3 Å². The number of carbonyl (C=O) groups is 3. The highest BCUT2D eigenvalue weighted by molar-refractivity contribution is 8.18. The number of ether oxygens (including phenoxy) is 3. The average Bonchev–Trinajstić information content (AvgIpc) is 3.05. The van der Waals surface area contributed by atoms with E-state index in [1.165, 1.54) is 14.2 Å². The Hall–Kier alpha value is -3.30. The van der Waals surface area contributed by atoms with Crippen LogP contribution in [0.1, 0.15) is 11.1 Å². The Morgan fingerprint density at radius 3 is 2.62 bits per heavy atom. The molecule has 1 aliphatic heterocycles. The zero-order valence-electron chi connectivity index (χ0n) is 18.0. The number of imide groups is 1. The van der Waals surface area contributed by atoms with Crippen molar-refractivity contribution in [1.29, 1.82) is 0 Å². The molecule has 0 unspecified atom stereocenters. The van der Waals surface area contributed by atoms with Crippen LogP contribution in [0.4, 0.5) is 10.5 Å². The van der Waals surface area contributed by atoms with Gasteiger partial charge in [0.1, 0.15) is 0 Å². The van der Waals surface area contributed by atoms with Crippen LogP contribution in [0.2, 0.25) is 0 Å². The molecule has 3 rings (SSSR count). The molecule has 3 amide bonds. The molecule has 2 aromatic rings. The van der Waals surface area contributed by atoms with Crippen LogP contribution in [0, 0.1) is 6.92 Å². The lowest BCUT2D eigenvalue weighted by Gasteiger charge is -2.12. The molecule has 8 nitrogen and oxygen atoms in total. The lowest BCUT2D eigenvalue weighted by molar-refractivity contribution is -0.123. The maximum absolute atomic E-state index is 12.5. The number of nitrogens with one attached hydrogen (secondary N) is 1. The maximum Gasteiger partial charge on any atom is 0.293 e. The summed E-state index contributed by atoms with van der Waals surface area (Å²) in [6.07, 6.45) is 1.62. The molecule has 32 heavy (non-hydrogen) atoms. The summed E-state index contributed by atoms with van der Waals surface area (Å²) < 4.78 is 15.9. The third kappa shape index (κ3) is 5.68. The first-order chi connectivity index (χ1) is 15.4. The summed E-state index contributed by atoms with van der Waals surface area (Å²) >= 11 is 0.879. The maximum atomic E-state index is 12.5. The highest BCUT2D eigenvalue weighted by Crippen LogP contribution is 2.34. The number of thioether (sulfide) groups is 1. The van der Waals surface area contributed by atoms with Crippen molar-refractivity contribution in [2.24, 2.45) is 0 Å². The smallest absolute Gasteiger partial charge is 0.293 e. The summed E-state index contributed by atoms with van der Waals surface area (Å²) in [5.74, 6) is 0.137. The van der Waals surface area contributed by atoms with E-state index in [-0.39, 0.29) is 36.8 Å². The summed E-state index contributed by atoms with van der Waals surface area (Å²) in [7, 11) is 3.00. The van der Waals surface area contributed by atoms with E-state index in [1.54, 1.807) is 24.3 Å². The van der Waals surface area contributed by atoms with E-state index >= 15 is 0 Å². The van der Waals surface area contributed by atoms with E-state index in [4.69, 9.17) is 14.2 Å². The molecule has 0 saturated carbocycles. The second-order valence-electron chi connectivity index (χ2n) is 6.89. The summed E-state index contributed by atoms with van der Waals surface area (Å²) in [4.78, 5) is 38.2. The molecular weight excluding hydrogens is 432 g/mol. The number of anilines is 1. The summed E-state index contributed by atoms with van der Waals surface area (Å²) in [6, 6.07) is 12.5. The zero-order chi connectivity index (χ0) is 23.1. The molecule has 1 saturated heterocycles. The van der Waals surface area contributed by atoms with Crippen molar-refractivity contribution in [2.45, 2.75) is 6.92 Å². The van der Waals surface area contributed by atoms with Gasteiger partial charge in [0.25, 0.3) is 17.1 Å². The lowest BCUT2D eigenvalue weighted by Crippen LogP contribution is -2.31. The van der Waals surface area contributed by atoms with Crippen LogP contribution >= 0.6 is 11.8 Å². The van der Waals surface area contributed by atoms with Gasteiger partial charge in [0.05, 0.1) is 25.2 Å². The number of rotatable bonds is 9. The largest absolute Gasteiger partial charge is 0.493 e. The molecule has 168 valence electrons. The van der Waals surface area contributed by atoms with Gasteiger partial charge in [-0.3, -0.25) is 19.3 Å². The van der Waals surface area contributed by atoms with Crippen LogP contribution in [0.25, 0.3) is 6.08 Å². The predicted octanol–water partition coefficient (Wildman–Crippen LogP) is 3.70. The van der Waals surface area contributed by atoms with Gasteiger partial charge < -0.3 is 19.5 Å². The number of carbonyl (C=O) groups excluding carboxylic acids is 3. The molecule has 9 heteroatoms. The Labute approximate surface area is 190 Å². The Balaban J connectivity index is 1.66. The van der Waals surface area contributed by atoms with Crippen molar-refractivity contribution < 1.29 is 28.6 Å². The Kier molecular flexibility index (Phi) is 7.91. The summed E-state index contributed by atoms with van der Waals surface area (Å²) in [5, 5.41) is 2.48.